The summed E-state index contributed by atoms with van der Waals surface area (Å²) < 4.78 is 6.07. The summed E-state index contributed by atoms with van der Waals surface area (Å²) >= 11 is 0. The molecule has 3 aromatic rings. The lowest BCUT2D eigenvalue weighted by Crippen LogP contribution is -2.45. The summed E-state index contributed by atoms with van der Waals surface area (Å²) in [4.78, 5) is 4.85. The molecular weight excluding hydrogens is 332 g/mol. The minimum Gasteiger partial charge on any atom is -0.488 e. The van der Waals surface area contributed by atoms with E-state index in [1.807, 2.05) is 6.07 Å². The average molecular weight is 354 g/mol. The van der Waals surface area contributed by atoms with E-state index in [4.69, 9.17) is 4.74 Å². The molecule has 134 valence electrons. The quantitative estimate of drug-likeness (QED) is 0.638. The number of fused-ring (bicyclic) bond motifs is 2. The number of para-hydroxylation sites is 2. The number of ether oxygens (including phenoxy) is 1. The summed E-state index contributed by atoms with van der Waals surface area (Å²) in [5.41, 5.74) is 7.54. The van der Waals surface area contributed by atoms with Gasteiger partial charge in [0.15, 0.2) is 0 Å². The molecule has 0 saturated heterocycles. The predicted octanol–water partition coefficient (Wildman–Crippen LogP) is 5.08. The van der Waals surface area contributed by atoms with Crippen LogP contribution in [0.3, 0.4) is 0 Å². The molecular formula is C24H22N2O. The maximum atomic E-state index is 6.07. The molecule has 2 aliphatic rings. The van der Waals surface area contributed by atoms with Gasteiger partial charge in [0.1, 0.15) is 12.4 Å². The molecule has 3 heteroatoms. The first-order chi connectivity index (χ1) is 13.3. The van der Waals surface area contributed by atoms with E-state index < -0.39 is 0 Å². The topological polar surface area (TPSA) is 15.7 Å². The Bertz CT molecular complexity index is 1010. The number of anilines is 2. The van der Waals surface area contributed by atoms with Gasteiger partial charge in [-0.05, 0) is 48.9 Å². The maximum Gasteiger partial charge on any atom is 0.129 e. The van der Waals surface area contributed by atoms with Crippen LogP contribution in [0.25, 0.3) is 5.70 Å². The second kappa shape index (κ2) is 6.51. The molecule has 3 nitrogen and oxygen atoms in total. The number of hydrogen-bond acceptors (Lipinski definition) is 3. The summed E-state index contributed by atoms with van der Waals surface area (Å²) in [5, 5.41) is 0. The van der Waals surface area contributed by atoms with Crippen molar-refractivity contribution in [2.45, 2.75) is 6.92 Å². The zero-order valence-electron chi connectivity index (χ0n) is 15.4. The highest BCUT2D eigenvalue weighted by atomic mass is 16.5. The van der Waals surface area contributed by atoms with Crippen LogP contribution in [0, 0.1) is 6.92 Å². The van der Waals surface area contributed by atoms with Crippen LogP contribution in [0.1, 0.15) is 11.1 Å². The highest BCUT2D eigenvalue weighted by Crippen LogP contribution is 2.40. The van der Waals surface area contributed by atoms with Crippen LogP contribution in [0.2, 0.25) is 0 Å². The molecule has 5 rings (SSSR count). The normalized spacial score (nSPS) is 15.9. The third-order valence-electron chi connectivity index (χ3n) is 5.28. The number of nitrogens with zero attached hydrogens (tertiary/aromatic N) is 2. The summed E-state index contributed by atoms with van der Waals surface area (Å²) in [5.74, 6) is 0.974. The summed E-state index contributed by atoms with van der Waals surface area (Å²) in [6, 6.07) is 27.7. The minimum absolute atomic E-state index is 0.637. The van der Waals surface area contributed by atoms with E-state index in [0.29, 0.717) is 6.61 Å². The van der Waals surface area contributed by atoms with Gasteiger partial charge >= 0.3 is 0 Å². The number of hydrogen-bond donors (Lipinski definition) is 0. The minimum atomic E-state index is 0.637. The Labute approximate surface area is 160 Å². The van der Waals surface area contributed by atoms with Crippen molar-refractivity contribution >= 4 is 17.1 Å². The number of benzene rings is 3. The number of aryl methyl sites for hydroxylation is 1. The molecule has 0 aliphatic carbocycles. The second-order valence-corrected chi connectivity index (χ2v) is 7.18. The van der Waals surface area contributed by atoms with Crippen LogP contribution in [-0.4, -0.2) is 19.8 Å². The lowest BCUT2D eigenvalue weighted by Gasteiger charge is -2.43. The van der Waals surface area contributed by atoms with Gasteiger partial charge in [0, 0.05) is 29.1 Å². The van der Waals surface area contributed by atoms with E-state index in [2.05, 4.69) is 89.5 Å². The SMILES string of the molecule is Cc1cccc(N2CN(c3ccccc3)CC3=C2c2ccccc2OC3)c1. The van der Waals surface area contributed by atoms with Gasteiger partial charge in [-0.2, -0.15) is 0 Å². The van der Waals surface area contributed by atoms with Crippen molar-refractivity contribution in [3.63, 3.8) is 0 Å². The Hall–Kier alpha value is -3.20. The molecule has 0 bridgehead atoms. The maximum absolute atomic E-state index is 6.07. The van der Waals surface area contributed by atoms with Gasteiger partial charge in [0.05, 0.1) is 12.4 Å². The van der Waals surface area contributed by atoms with Gasteiger partial charge in [0.25, 0.3) is 0 Å². The van der Waals surface area contributed by atoms with Crippen LogP contribution in [0.4, 0.5) is 11.4 Å². The van der Waals surface area contributed by atoms with Crippen molar-refractivity contribution in [3.8, 4) is 5.75 Å². The van der Waals surface area contributed by atoms with Gasteiger partial charge in [-0.1, -0.05) is 42.5 Å². The van der Waals surface area contributed by atoms with E-state index in [0.717, 1.165) is 19.0 Å². The molecule has 2 heterocycles. The molecule has 2 aliphatic heterocycles. The summed E-state index contributed by atoms with van der Waals surface area (Å²) in [6.07, 6.45) is 0. The van der Waals surface area contributed by atoms with Crippen molar-refractivity contribution in [2.75, 3.05) is 29.6 Å². The van der Waals surface area contributed by atoms with Crippen LogP contribution in [-0.2, 0) is 0 Å². The van der Waals surface area contributed by atoms with Crippen molar-refractivity contribution in [3.05, 3.63) is 95.6 Å². The highest BCUT2D eigenvalue weighted by molar-refractivity contribution is 5.87. The lowest BCUT2D eigenvalue weighted by molar-refractivity contribution is 0.340. The highest BCUT2D eigenvalue weighted by Gasteiger charge is 2.31. The predicted molar refractivity (Wildman–Crippen MR) is 111 cm³/mol. The molecule has 0 N–H and O–H groups in total. The molecule has 0 amide bonds. The van der Waals surface area contributed by atoms with Crippen molar-refractivity contribution < 1.29 is 4.74 Å². The van der Waals surface area contributed by atoms with Gasteiger partial charge in [-0.25, -0.2) is 0 Å². The molecule has 3 aromatic carbocycles. The Morgan fingerprint density at radius 1 is 0.815 bits per heavy atom. The summed E-state index contributed by atoms with van der Waals surface area (Å²) in [6.45, 7) is 4.49. The Kier molecular flexibility index (Phi) is 3.86. The molecule has 27 heavy (non-hydrogen) atoms. The fourth-order valence-corrected chi connectivity index (χ4v) is 4.01. The van der Waals surface area contributed by atoms with Crippen LogP contribution < -0.4 is 14.5 Å². The standard InChI is InChI=1S/C24H22N2O/c1-18-8-7-11-21(14-18)26-17-25(20-9-3-2-4-10-20)15-19-16-27-23-13-6-5-12-22(23)24(19)26/h2-14H,15-17H2,1H3. The van der Waals surface area contributed by atoms with Crippen LogP contribution >= 0.6 is 0 Å². The fraction of sp³-hybridized carbons (Fsp3) is 0.167. The first-order valence-corrected chi connectivity index (χ1v) is 9.38. The fourth-order valence-electron chi connectivity index (χ4n) is 4.01. The lowest BCUT2D eigenvalue weighted by atomic mass is 9.98. The smallest absolute Gasteiger partial charge is 0.129 e. The third kappa shape index (κ3) is 2.85. The molecule has 0 radical (unpaired) electrons. The monoisotopic (exact) mass is 354 g/mol. The van der Waals surface area contributed by atoms with Crippen molar-refractivity contribution in [1.29, 1.82) is 0 Å². The Morgan fingerprint density at radius 3 is 2.44 bits per heavy atom. The summed E-state index contributed by atoms with van der Waals surface area (Å²) in [7, 11) is 0. The average Bonchev–Trinajstić information content (AvgIpc) is 2.73. The van der Waals surface area contributed by atoms with E-state index in [-0.39, 0.29) is 0 Å². The van der Waals surface area contributed by atoms with Crippen molar-refractivity contribution in [1.82, 2.24) is 0 Å². The Morgan fingerprint density at radius 2 is 1.59 bits per heavy atom. The van der Waals surface area contributed by atoms with E-state index >= 15 is 0 Å². The molecule has 0 unspecified atom stereocenters. The Balaban J connectivity index is 1.65. The van der Waals surface area contributed by atoms with E-state index in [1.54, 1.807) is 0 Å². The third-order valence-corrected chi connectivity index (χ3v) is 5.28. The molecule has 0 fully saturated rings. The second-order valence-electron chi connectivity index (χ2n) is 7.18. The van der Waals surface area contributed by atoms with Gasteiger partial charge in [-0.3, -0.25) is 0 Å². The molecule has 0 atom stereocenters. The first-order valence-electron chi connectivity index (χ1n) is 9.38. The van der Waals surface area contributed by atoms with Crippen LogP contribution in [0.5, 0.6) is 5.75 Å². The van der Waals surface area contributed by atoms with Gasteiger partial charge in [-0.15, -0.1) is 0 Å². The largest absolute Gasteiger partial charge is 0.488 e. The van der Waals surface area contributed by atoms with E-state index in [1.165, 1.54) is 33.8 Å². The van der Waals surface area contributed by atoms with Crippen LogP contribution in [0.15, 0.2) is 84.4 Å². The zero-order valence-corrected chi connectivity index (χ0v) is 15.4. The molecule has 0 aromatic heterocycles. The number of rotatable bonds is 2. The van der Waals surface area contributed by atoms with E-state index in [9.17, 15) is 0 Å². The molecule has 0 saturated carbocycles. The molecule has 0 spiro atoms. The van der Waals surface area contributed by atoms with Gasteiger partial charge < -0.3 is 14.5 Å². The zero-order chi connectivity index (χ0) is 18.2. The first kappa shape index (κ1) is 16.0. The van der Waals surface area contributed by atoms with Crippen molar-refractivity contribution in [2.24, 2.45) is 0 Å². The van der Waals surface area contributed by atoms with Gasteiger partial charge in [0.2, 0.25) is 0 Å².